The Hall–Kier alpha value is -0.430. The lowest BCUT2D eigenvalue weighted by atomic mass is 10.2. The van der Waals surface area contributed by atoms with E-state index in [4.69, 9.17) is 0 Å². The van der Waals surface area contributed by atoms with Crippen molar-refractivity contribution in [3.8, 4) is 0 Å². The maximum Gasteiger partial charge on any atom is 0.0187 e. The molecule has 0 fully saturated rings. The molecule has 0 aliphatic heterocycles. The van der Waals surface area contributed by atoms with E-state index in [0.717, 1.165) is 11.0 Å². The van der Waals surface area contributed by atoms with Crippen molar-refractivity contribution >= 4 is 11.8 Å². The smallest absolute Gasteiger partial charge is 0.0187 e. The van der Waals surface area contributed by atoms with Crippen LogP contribution in [0.15, 0.2) is 30.3 Å². The largest absolute Gasteiger partial charge is 0.154 e. The molecule has 0 saturated heterocycles. The maximum absolute atomic E-state index is 2.29. The van der Waals surface area contributed by atoms with Crippen molar-refractivity contribution in [2.24, 2.45) is 0 Å². The SMILES string of the molecule is CCC(C)SCc1ccccc1. The first-order valence-electron chi connectivity index (χ1n) is 4.48. The minimum atomic E-state index is 0.783. The van der Waals surface area contributed by atoms with Crippen LogP contribution in [0.3, 0.4) is 0 Å². The average Bonchev–Trinajstić information content (AvgIpc) is 2.16. The number of rotatable bonds is 4. The van der Waals surface area contributed by atoms with Gasteiger partial charge in [-0.15, -0.1) is 0 Å². The second kappa shape index (κ2) is 5.26. The van der Waals surface area contributed by atoms with Crippen molar-refractivity contribution in [1.29, 1.82) is 0 Å². The molecule has 0 spiro atoms. The molecule has 1 aromatic carbocycles. The molecule has 0 N–H and O–H groups in total. The van der Waals surface area contributed by atoms with E-state index in [1.54, 1.807) is 0 Å². The molecule has 1 unspecified atom stereocenters. The van der Waals surface area contributed by atoms with E-state index in [-0.39, 0.29) is 0 Å². The lowest BCUT2D eigenvalue weighted by Gasteiger charge is -2.07. The number of hydrogen-bond donors (Lipinski definition) is 0. The molecule has 0 radical (unpaired) electrons. The van der Waals surface area contributed by atoms with Crippen LogP contribution in [0.5, 0.6) is 0 Å². The molecular weight excluding hydrogens is 164 g/mol. The van der Waals surface area contributed by atoms with E-state index >= 15 is 0 Å². The van der Waals surface area contributed by atoms with Gasteiger partial charge in [0.05, 0.1) is 0 Å². The van der Waals surface area contributed by atoms with Gasteiger partial charge in [0.2, 0.25) is 0 Å². The lowest BCUT2D eigenvalue weighted by Crippen LogP contribution is -1.93. The fourth-order valence-corrected chi connectivity index (χ4v) is 1.84. The first kappa shape index (κ1) is 9.66. The van der Waals surface area contributed by atoms with E-state index in [1.165, 1.54) is 12.0 Å². The highest BCUT2D eigenvalue weighted by atomic mass is 32.2. The minimum absolute atomic E-state index is 0.783. The van der Waals surface area contributed by atoms with Gasteiger partial charge in [-0.05, 0) is 12.0 Å². The van der Waals surface area contributed by atoms with Gasteiger partial charge in [0.15, 0.2) is 0 Å². The van der Waals surface area contributed by atoms with Crippen LogP contribution in [0.2, 0.25) is 0 Å². The lowest BCUT2D eigenvalue weighted by molar-refractivity contribution is 0.905. The predicted molar refractivity (Wildman–Crippen MR) is 57.5 cm³/mol. The Morgan fingerprint density at radius 2 is 1.92 bits per heavy atom. The topological polar surface area (TPSA) is 0 Å². The molecule has 66 valence electrons. The highest BCUT2D eigenvalue weighted by Gasteiger charge is 1.98. The molecule has 0 aliphatic rings. The van der Waals surface area contributed by atoms with E-state index in [0.29, 0.717) is 0 Å². The molecule has 0 saturated carbocycles. The number of benzene rings is 1. The first-order valence-corrected chi connectivity index (χ1v) is 5.53. The first-order chi connectivity index (χ1) is 5.83. The van der Waals surface area contributed by atoms with E-state index in [2.05, 4.69) is 44.2 Å². The van der Waals surface area contributed by atoms with Crippen LogP contribution < -0.4 is 0 Å². The molecule has 12 heavy (non-hydrogen) atoms. The van der Waals surface area contributed by atoms with Gasteiger partial charge < -0.3 is 0 Å². The number of thioether (sulfide) groups is 1. The van der Waals surface area contributed by atoms with Crippen LogP contribution in [0, 0.1) is 0 Å². The summed E-state index contributed by atoms with van der Waals surface area (Å²) in [4.78, 5) is 0. The molecule has 1 atom stereocenters. The van der Waals surface area contributed by atoms with Crippen LogP contribution >= 0.6 is 11.8 Å². The summed E-state index contributed by atoms with van der Waals surface area (Å²) in [7, 11) is 0. The summed E-state index contributed by atoms with van der Waals surface area (Å²) in [6.07, 6.45) is 1.26. The highest BCUT2D eigenvalue weighted by molar-refractivity contribution is 7.99. The van der Waals surface area contributed by atoms with E-state index < -0.39 is 0 Å². The quantitative estimate of drug-likeness (QED) is 0.680. The Labute approximate surface area is 79.4 Å². The summed E-state index contributed by atoms with van der Waals surface area (Å²) in [6, 6.07) is 10.7. The summed E-state index contributed by atoms with van der Waals surface area (Å²) in [5, 5.41) is 0.783. The van der Waals surface area contributed by atoms with Crippen molar-refractivity contribution in [2.75, 3.05) is 0 Å². The van der Waals surface area contributed by atoms with Gasteiger partial charge in [0.25, 0.3) is 0 Å². The molecule has 1 heteroatoms. The van der Waals surface area contributed by atoms with Crippen LogP contribution in [0.1, 0.15) is 25.8 Å². The van der Waals surface area contributed by atoms with Gasteiger partial charge >= 0.3 is 0 Å². The zero-order valence-corrected chi connectivity index (χ0v) is 8.60. The third kappa shape index (κ3) is 3.31. The van der Waals surface area contributed by atoms with Crippen molar-refractivity contribution in [2.45, 2.75) is 31.3 Å². The number of hydrogen-bond acceptors (Lipinski definition) is 1. The summed E-state index contributed by atoms with van der Waals surface area (Å²) in [5.74, 6) is 1.15. The van der Waals surface area contributed by atoms with E-state index in [9.17, 15) is 0 Å². The highest BCUT2D eigenvalue weighted by Crippen LogP contribution is 2.18. The van der Waals surface area contributed by atoms with Crippen LogP contribution in [0.4, 0.5) is 0 Å². The standard InChI is InChI=1S/C11H16S/c1-3-10(2)12-9-11-7-5-4-6-8-11/h4-8,10H,3,9H2,1-2H3. The fourth-order valence-electron chi connectivity index (χ4n) is 0.931. The summed E-state index contributed by atoms with van der Waals surface area (Å²) < 4.78 is 0. The van der Waals surface area contributed by atoms with Gasteiger partial charge in [-0.25, -0.2) is 0 Å². The summed E-state index contributed by atoms with van der Waals surface area (Å²) in [5.41, 5.74) is 1.43. The fraction of sp³-hybridized carbons (Fsp3) is 0.455. The van der Waals surface area contributed by atoms with Crippen LogP contribution in [-0.2, 0) is 5.75 Å². The second-order valence-corrected chi connectivity index (χ2v) is 4.44. The average molecular weight is 180 g/mol. The van der Waals surface area contributed by atoms with Crippen molar-refractivity contribution < 1.29 is 0 Å². The molecular formula is C11H16S. The van der Waals surface area contributed by atoms with Crippen molar-refractivity contribution in [3.63, 3.8) is 0 Å². The monoisotopic (exact) mass is 180 g/mol. The second-order valence-electron chi connectivity index (χ2n) is 3.02. The Morgan fingerprint density at radius 1 is 1.25 bits per heavy atom. The third-order valence-corrected chi connectivity index (χ3v) is 3.35. The maximum atomic E-state index is 2.29. The Morgan fingerprint density at radius 3 is 2.50 bits per heavy atom. The van der Waals surface area contributed by atoms with Crippen molar-refractivity contribution in [1.82, 2.24) is 0 Å². The van der Waals surface area contributed by atoms with E-state index in [1.807, 2.05) is 11.8 Å². The van der Waals surface area contributed by atoms with Crippen molar-refractivity contribution in [3.05, 3.63) is 35.9 Å². The zero-order valence-electron chi connectivity index (χ0n) is 7.79. The Bertz CT molecular complexity index is 206. The Balaban J connectivity index is 2.33. The predicted octanol–water partition coefficient (Wildman–Crippen LogP) is 3.72. The summed E-state index contributed by atoms with van der Waals surface area (Å²) >= 11 is 2.03. The zero-order chi connectivity index (χ0) is 8.81. The molecule has 0 aliphatic carbocycles. The van der Waals surface area contributed by atoms with Gasteiger partial charge in [-0.2, -0.15) is 11.8 Å². The normalized spacial score (nSPS) is 12.8. The molecule has 0 heterocycles. The molecule has 1 aromatic rings. The molecule has 0 aromatic heterocycles. The third-order valence-electron chi connectivity index (χ3n) is 1.95. The van der Waals surface area contributed by atoms with Gasteiger partial charge in [-0.1, -0.05) is 44.2 Å². The van der Waals surface area contributed by atoms with Gasteiger partial charge in [0, 0.05) is 11.0 Å². The Kier molecular flexibility index (Phi) is 4.23. The van der Waals surface area contributed by atoms with Crippen LogP contribution in [0.25, 0.3) is 0 Å². The van der Waals surface area contributed by atoms with Gasteiger partial charge in [-0.3, -0.25) is 0 Å². The summed E-state index contributed by atoms with van der Waals surface area (Å²) in [6.45, 7) is 4.52. The minimum Gasteiger partial charge on any atom is -0.154 e. The molecule has 1 rings (SSSR count). The molecule has 0 amide bonds. The van der Waals surface area contributed by atoms with Crippen LogP contribution in [-0.4, -0.2) is 5.25 Å². The molecule has 0 nitrogen and oxygen atoms in total. The van der Waals surface area contributed by atoms with Gasteiger partial charge in [0.1, 0.15) is 0 Å². The molecule has 0 bridgehead atoms.